The van der Waals surface area contributed by atoms with E-state index in [0.717, 1.165) is 0 Å². The fourth-order valence-electron chi connectivity index (χ4n) is 1.64. The van der Waals surface area contributed by atoms with Gasteiger partial charge in [0.05, 0.1) is 12.0 Å². The quantitative estimate of drug-likeness (QED) is 0.533. The van der Waals surface area contributed by atoms with Crippen LogP contribution >= 0.6 is 0 Å². The Morgan fingerprint density at radius 3 is 2.92 bits per heavy atom. The molecule has 1 saturated heterocycles. The standard InChI is InChI=1S/C7H10N2O3/c1-3-4-5(9-8-3)6(10)12-7(4)11-2/h3-5,7H,1-2H3/t3-,4-,5+,7-/m1/s1. The van der Waals surface area contributed by atoms with Gasteiger partial charge in [-0.15, -0.1) is 0 Å². The number of fused-ring (bicyclic) bond motifs is 1. The summed E-state index contributed by atoms with van der Waals surface area (Å²) in [5.74, 6) is -0.345. The predicted octanol–water partition coefficient (Wildman–Crippen LogP) is 0.355. The third-order valence-corrected chi connectivity index (χ3v) is 2.32. The number of azo groups is 1. The van der Waals surface area contributed by atoms with Crippen molar-refractivity contribution in [2.75, 3.05) is 7.11 Å². The Balaban J connectivity index is 2.22. The molecule has 0 aromatic carbocycles. The molecular formula is C7H10N2O3. The highest BCUT2D eigenvalue weighted by Gasteiger charge is 2.51. The zero-order valence-corrected chi connectivity index (χ0v) is 6.93. The van der Waals surface area contributed by atoms with Crippen LogP contribution in [0.3, 0.4) is 0 Å². The molecular weight excluding hydrogens is 160 g/mol. The minimum absolute atomic E-state index is 0.0198. The monoisotopic (exact) mass is 170 g/mol. The molecule has 5 heteroatoms. The van der Waals surface area contributed by atoms with Crippen LogP contribution in [-0.2, 0) is 14.3 Å². The van der Waals surface area contributed by atoms with E-state index < -0.39 is 12.3 Å². The van der Waals surface area contributed by atoms with Crippen LogP contribution in [0.5, 0.6) is 0 Å². The van der Waals surface area contributed by atoms with Crippen LogP contribution in [0.1, 0.15) is 6.92 Å². The van der Waals surface area contributed by atoms with Crippen molar-refractivity contribution in [2.45, 2.75) is 25.3 Å². The second-order valence-electron chi connectivity index (χ2n) is 3.03. The lowest BCUT2D eigenvalue weighted by atomic mass is 9.97. The summed E-state index contributed by atoms with van der Waals surface area (Å²) in [5, 5.41) is 7.74. The Bertz CT molecular complexity index is 241. The molecule has 0 saturated carbocycles. The van der Waals surface area contributed by atoms with E-state index in [1.54, 1.807) is 0 Å². The lowest BCUT2D eigenvalue weighted by molar-refractivity contribution is -0.162. The molecule has 2 aliphatic heterocycles. The first-order chi connectivity index (χ1) is 5.74. The van der Waals surface area contributed by atoms with E-state index in [4.69, 9.17) is 9.47 Å². The molecule has 12 heavy (non-hydrogen) atoms. The molecule has 0 unspecified atom stereocenters. The summed E-state index contributed by atoms with van der Waals surface area (Å²) >= 11 is 0. The van der Waals surface area contributed by atoms with Gasteiger partial charge < -0.3 is 9.47 Å². The molecule has 4 atom stereocenters. The van der Waals surface area contributed by atoms with Gasteiger partial charge in [-0.25, -0.2) is 4.79 Å². The van der Waals surface area contributed by atoms with E-state index in [1.807, 2.05) is 6.92 Å². The maximum absolute atomic E-state index is 11.1. The van der Waals surface area contributed by atoms with E-state index in [2.05, 4.69) is 10.2 Å². The van der Waals surface area contributed by atoms with Gasteiger partial charge in [-0.3, -0.25) is 0 Å². The second kappa shape index (κ2) is 2.52. The van der Waals surface area contributed by atoms with Crippen molar-refractivity contribution < 1.29 is 14.3 Å². The van der Waals surface area contributed by atoms with E-state index in [0.29, 0.717) is 0 Å². The average Bonchev–Trinajstić information content (AvgIpc) is 2.56. The fraction of sp³-hybridized carbons (Fsp3) is 0.857. The summed E-state index contributed by atoms with van der Waals surface area (Å²) in [5.41, 5.74) is 0. The maximum Gasteiger partial charge on any atom is 0.335 e. The van der Waals surface area contributed by atoms with Crippen LogP contribution in [0.25, 0.3) is 0 Å². The van der Waals surface area contributed by atoms with Gasteiger partial charge in [0, 0.05) is 7.11 Å². The van der Waals surface area contributed by atoms with Gasteiger partial charge in [-0.05, 0) is 6.92 Å². The van der Waals surface area contributed by atoms with Gasteiger partial charge in [0.15, 0.2) is 6.04 Å². The highest BCUT2D eigenvalue weighted by molar-refractivity contribution is 5.79. The number of hydrogen-bond donors (Lipinski definition) is 0. The van der Waals surface area contributed by atoms with Crippen LogP contribution in [0.4, 0.5) is 0 Å². The summed E-state index contributed by atoms with van der Waals surface area (Å²) in [6.07, 6.45) is -0.465. The summed E-state index contributed by atoms with van der Waals surface area (Å²) in [6.45, 7) is 1.90. The molecule has 66 valence electrons. The van der Waals surface area contributed by atoms with E-state index >= 15 is 0 Å². The van der Waals surface area contributed by atoms with Crippen LogP contribution in [0.15, 0.2) is 10.2 Å². The van der Waals surface area contributed by atoms with Crippen LogP contribution in [0, 0.1) is 5.92 Å². The molecule has 0 radical (unpaired) electrons. The number of carbonyl (C=O) groups is 1. The van der Waals surface area contributed by atoms with Gasteiger partial charge in [-0.1, -0.05) is 0 Å². The van der Waals surface area contributed by atoms with Crippen molar-refractivity contribution in [2.24, 2.45) is 16.1 Å². The highest BCUT2D eigenvalue weighted by Crippen LogP contribution is 2.34. The first-order valence-electron chi connectivity index (χ1n) is 3.87. The molecule has 0 spiro atoms. The second-order valence-corrected chi connectivity index (χ2v) is 3.03. The van der Waals surface area contributed by atoms with E-state index in [1.165, 1.54) is 7.11 Å². The topological polar surface area (TPSA) is 60.2 Å². The fourth-order valence-corrected chi connectivity index (χ4v) is 1.64. The zero-order valence-electron chi connectivity index (χ0n) is 6.93. The predicted molar refractivity (Wildman–Crippen MR) is 38.5 cm³/mol. The van der Waals surface area contributed by atoms with Crippen molar-refractivity contribution in [3.8, 4) is 0 Å². The Labute approximate surface area is 69.8 Å². The number of cyclic esters (lactones) is 1. The Morgan fingerprint density at radius 2 is 2.25 bits per heavy atom. The Hall–Kier alpha value is -0.970. The number of rotatable bonds is 1. The Morgan fingerprint density at radius 1 is 1.50 bits per heavy atom. The minimum Gasteiger partial charge on any atom is -0.434 e. The summed E-state index contributed by atoms with van der Waals surface area (Å²) < 4.78 is 9.94. The van der Waals surface area contributed by atoms with Gasteiger partial charge in [-0.2, -0.15) is 10.2 Å². The zero-order chi connectivity index (χ0) is 8.72. The molecule has 0 N–H and O–H groups in total. The van der Waals surface area contributed by atoms with Crippen LogP contribution in [0.2, 0.25) is 0 Å². The lowest BCUT2D eigenvalue weighted by Crippen LogP contribution is -2.29. The molecule has 0 aromatic rings. The van der Waals surface area contributed by atoms with Crippen LogP contribution < -0.4 is 0 Å². The van der Waals surface area contributed by atoms with Crippen molar-refractivity contribution in [1.29, 1.82) is 0 Å². The average molecular weight is 170 g/mol. The van der Waals surface area contributed by atoms with Gasteiger partial charge in [0.25, 0.3) is 0 Å². The summed E-state index contributed by atoms with van der Waals surface area (Å²) in [7, 11) is 1.52. The minimum atomic E-state index is -0.465. The summed E-state index contributed by atoms with van der Waals surface area (Å²) in [6, 6.07) is -0.406. The SMILES string of the molecule is CO[C@@H]1OC(=O)[C@H]2N=N[C@H](C)[C@@H]12. The molecule has 2 heterocycles. The number of hydrogen-bond acceptors (Lipinski definition) is 5. The van der Waals surface area contributed by atoms with E-state index in [9.17, 15) is 4.79 Å². The molecule has 1 fully saturated rings. The molecule has 2 rings (SSSR count). The number of nitrogens with zero attached hydrogens (tertiary/aromatic N) is 2. The highest BCUT2D eigenvalue weighted by atomic mass is 16.7. The maximum atomic E-state index is 11.1. The largest absolute Gasteiger partial charge is 0.434 e. The number of methoxy groups -OCH3 is 1. The number of ether oxygens (including phenoxy) is 2. The molecule has 0 aliphatic carbocycles. The van der Waals surface area contributed by atoms with Crippen molar-refractivity contribution in [3.05, 3.63) is 0 Å². The van der Waals surface area contributed by atoms with Crippen molar-refractivity contribution >= 4 is 5.97 Å². The molecule has 0 bridgehead atoms. The third-order valence-electron chi connectivity index (χ3n) is 2.32. The first kappa shape index (κ1) is 7.67. The van der Waals surface area contributed by atoms with Crippen LogP contribution in [-0.4, -0.2) is 31.5 Å². The normalized spacial score (nSPS) is 44.7. The molecule has 0 amide bonds. The Kier molecular flexibility index (Phi) is 1.61. The summed E-state index contributed by atoms with van der Waals surface area (Å²) in [4.78, 5) is 11.1. The molecule has 2 aliphatic rings. The lowest BCUT2D eigenvalue weighted by Gasteiger charge is -2.15. The number of esters is 1. The smallest absolute Gasteiger partial charge is 0.335 e. The number of carbonyl (C=O) groups excluding carboxylic acids is 1. The third kappa shape index (κ3) is 0.859. The van der Waals surface area contributed by atoms with Crippen molar-refractivity contribution in [1.82, 2.24) is 0 Å². The van der Waals surface area contributed by atoms with E-state index in [-0.39, 0.29) is 17.9 Å². The van der Waals surface area contributed by atoms with Crippen molar-refractivity contribution in [3.63, 3.8) is 0 Å². The van der Waals surface area contributed by atoms with Gasteiger partial charge in [0.1, 0.15) is 0 Å². The molecule has 0 aromatic heterocycles. The molecule has 5 nitrogen and oxygen atoms in total. The first-order valence-corrected chi connectivity index (χ1v) is 3.87. The van der Waals surface area contributed by atoms with Gasteiger partial charge >= 0.3 is 5.97 Å². The van der Waals surface area contributed by atoms with Gasteiger partial charge in [0.2, 0.25) is 6.29 Å².